The van der Waals surface area contributed by atoms with E-state index < -0.39 is 5.97 Å². The molecule has 0 aliphatic heterocycles. The second kappa shape index (κ2) is 7.16. The molecule has 2 aromatic rings. The van der Waals surface area contributed by atoms with Gasteiger partial charge in [-0.3, -0.25) is 0 Å². The van der Waals surface area contributed by atoms with Gasteiger partial charge in [-0.25, -0.2) is 4.79 Å². The Balaban J connectivity index is 2.39. The normalized spacial score (nSPS) is 10.3. The number of carbonyl (C=O) groups is 1. The summed E-state index contributed by atoms with van der Waals surface area (Å²) in [5.41, 5.74) is 0.778. The van der Waals surface area contributed by atoms with Gasteiger partial charge in [-0.15, -0.1) is 11.8 Å². The van der Waals surface area contributed by atoms with Gasteiger partial charge in [0.1, 0.15) is 5.75 Å². The van der Waals surface area contributed by atoms with Gasteiger partial charge in [0.15, 0.2) is 0 Å². The Morgan fingerprint density at radius 2 is 2.10 bits per heavy atom. The van der Waals surface area contributed by atoms with E-state index in [1.54, 1.807) is 13.0 Å². The van der Waals surface area contributed by atoms with E-state index in [9.17, 15) is 4.79 Å². The van der Waals surface area contributed by atoms with Crippen LogP contribution in [-0.4, -0.2) is 17.7 Å². The number of fused-ring (bicyclic) bond motifs is 1. The molecule has 21 heavy (non-hydrogen) atoms. The standard InChI is InChI=1S/C18H16O3/c1-2-3-6-13-21-17-11-9-14-7-4-5-8-15(14)16(17)10-12-18(19)20/h4-5,7-12H,6,13H2,1H3,(H,19,20)/b12-10+. The van der Waals surface area contributed by atoms with Gasteiger partial charge in [-0.05, 0) is 29.8 Å². The van der Waals surface area contributed by atoms with Crippen LogP contribution in [0.3, 0.4) is 0 Å². The maximum Gasteiger partial charge on any atom is 0.328 e. The van der Waals surface area contributed by atoms with Gasteiger partial charge in [-0.2, -0.15) is 0 Å². The molecule has 1 N–H and O–H groups in total. The van der Waals surface area contributed by atoms with E-state index >= 15 is 0 Å². The summed E-state index contributed by atoms with van der Waals surface area (Å²) in [5, 5.41) is 10.8. The molecule has 0 aliphatic rings. The third-order valence-electron chi connectivity index (χ3n) is 2.98. The molecule has 2 rings (SSSR count). The van der Waals surface area contributed by atoms with Gasteiger partial charge >= 0.3 is 5.97 Å². The predicted octanol–water partition coefficient (Wildman–Crippen LogP) is 3.73. The van der Waals surface area contributed by atoms with Crippen LogP contribution in [0.4, 0.5) is 0 Å². The van der Waals surface area contributed by atoms with Gasteiger partial charge in [0.25, 0.3) is 0 Å². The van der Waals surface area contributed by atoms with Crippen LogP contribution in [0.1, 0.15) is 18.9 Å². The van der Waals surface area contributed by atoms with E-state index in [1.807, 2.05) is 36.4 Å². The molecular formula is C18H16O3. The smallest absolute Gasteiger partial charge is 0.328 e. The minimum absolute atomic E-state index is 0.479. The monoisotopic (exact) mass is 280 g/mol. The van der Waals surface area contributed by atoms with E-state index in [0.29, 0.717) is 18.8 Å². The fourth-order valence-corrected chi connectivity index (χ4v) is 2.07. The Labute approximate surface area is 123 Å². The second-order valence-corrected chi connectivity index (χ2v) is 4.40. The van der Waals surface area contributed by atoms with Crippen molar-refractivity contribution in [3.8, 4) is 17.6 Å². The average molecular weight is 280 g/mol. The van der Waals surface area contributed by atoms with Crippen molar-refractivity contribution >= 4 is 22.8 Å². The summed E-state index contributed by atoms with van der Waals surface area (Å²) in [6.45, 7) is 2.27. The summed E-state index contributed by atoms with van der Waals surface area (Å²) in [4.78, 5) is 10.8. The molecule has 0 aliphatic carbocycles. The summed E-state index contributed by atoms with van der Waals surface area (Å²) >= 11 is 0. The van der Waals surface area contributed by atoms with Gasteiger partial charge in [0.05, 0.1) is 6.61 Å². The number of hydrogen-bond donors (Lipinski definition) is 1. The van der Waals surface area contributed by atoms with Crippen LogP contribution in [-0.2, 0) is 4.79 Å². The van der Waals surface area contributed by atoms with E-state index in [2.05, 4.69) is 11.8 Å². The molecule has 0 fully saturated rings. The maximum atomic E-state index is 10.8. The third-order valence-corrected chi connectivity index (χ3v) is 2.98. The van der Waals surface area contributed by atoms with Gasteiger partial charge in [0.2, 0.25) is 0 Å². The SMILES string of the molecule is CC#CCCOc1ccc2ccccc2c1/C=C/C(=O)O. The predicted molar refractivity (Wildman–Crippen MR) is 84.2 cm³/mol. The van der Waals surface area contributed by atoms with Crippen molar-refractivity contribution in [2.45, 2.75) is 13.3 Å². The lowest BCUT2D eigenvalue weighted by Gasteiger charge is -2.11. The fourth-order valence-electron chi connectivity index (χ4n) is 2.07. The van der Waals surface area contributed by atoms with E-state index in [4.69, 9.17) is 9.84 Å². The lowest BCUT2D eigenvalue weighted by Crippen LogP contribution is -1.98. The Morgan fingerprint density at radius 1 is 1.29 bits per heavy atom. The highest BCUT2D eigenvalue weighted by atomic mass is 16.5. The summed E-state index contributed by atoms with van der Waals surface area (Å²) in [7, 11) is 0. The number of hydrogen-bond acceptors (Lipinski definition) is 2. The van der Waals surface area contributed by atoms with Crippen molar-refractivity contribution < 1.29 is 14.6 Å². The Morgan fingerprint density at radius 3 is 2.86 bits per heavy atom. The fraction of sp³-hybridized carbons (Fsp3) is 0.167. The molecule has 3 heteroatoms. The topological polar surface area (TPSA) is 46.5 Å². The average Bonchev–Trinajstić information content (AvgIpc) is 2.49. The van der Waals surface area contributed by atoms with E-state index in [0.717, 1.165) is 22.4 Å². The van der Waals surface area contributed by atoms with Crippen molar-refractivity contribution in [2.24, 2.45) is 0 Å². The zero-order valence-electron chi connectivity index (χ0n) is 11.8. The molecule has 0 saturated carbocycles. The Hall–Kier alpha value is -2.73. The first kappa shape index (κ1) is 14.7. The quantitative estimate of drug-likeness (QED) is 0.515. The molecule has 0 heterocycles. The first-order valence-electron chi connectivity index (χ1n) is 6.67. The molecule has 0 spiro atoms. The minimum atomic E-state index is -0.981. The zero-order chi connectivity index (χ0) is 15.1. The molecule has 0 saturated heterocycles. The molecule has 106 valence electrons. The highest BCUT2D eigenvalue weighted by Crippen LogP contribution is 2.29. The summed E-state index contributed by atoms with van der Waals surface area (Å²) in [5.74, 6) is 5.44. The highest BCUT2D eigenvalue weighted by Gasteiger charge is 2.06. The van der Waals surface area contributed by atoms with Crippen molar-refractivity contribution in [2.75, 3.05) is 6.61 Å². The number of rotatable bonds is 5. The maximum absolute atomic E-state index is 10.8. The van der Waals surface area contributed by atoms with Crippen LogP contribution >= 0.6 is 0 Å². The third kappa shape index (κ3) is 3.87. The molecule has 0 unspecified atom stereocenters. The van der Waals surface area contributed by atoms with Crippen molar-refractivity contribution in [3.05, 3.63) is 48.0 Å². The van der Waals surface area contributed by atoms with Gasteiger partial charge in [-0.1, -0.05) is 30.3 Å². The van der Waals surface area contributed by atoms with Crippen LogP contribution < -0.4 is 4.74 Å². The van der Waals surface area contributed by atoms with Crippen LogP contribution in [0.5, 0.6) is 5.75 Å². The second-order valence-electron chi connectivity index (χ2n) is 4.40. The minimum Gasteiger partial charge on any atom is -0.492 e. The van der Waals surface area contributed by atoms with Crippen LogP contribution in [0, 0.1) is 11.8 Å². The number of carboxylic acids is 1. The molecule has 0 radical (unpaired) electrons. The molecule has 0 amide bonds. The van der Waals surface area contributed by atoms with Crippen LogP contribution in [0.15, 0.2) is 42.5 Å². The van der Waals surface area contributed by atoms with E-state index in [-0.39, 0.29) is 0 Å². The lowest BCUT2D eigenvalue weighted by molar-refractivity contribution is -0.131. The summed E-state index contributed by atoms with van der Waals surface area (Å²) in [6.07, 6.45) is 3.34. The zero-order valence-corrected chi connectivity index (χ0v) is 11.8. The van der Waals surface area contributed by atoms with Gasteiger partial charge in [0, 0.05) is 18.1 Å². The Kier molecular flexibility index (Phi) is 5.00. The van der Waals surface area contributed by atoms with E-state index in [1.165, 1.54) is 0 Å². The molecule has 3 nitrogen and oxygen atoms in total. The molecule has 0 atom stereocenters. The molecular weight excluding hydrogens is 264 g/mol. The summed E-state index contributed by atoms with van der Waals surface area (Å²) in [6, 6.07) is 11.6. The van der Waals surface area contributed by atoms with Crippen LogP contribution in [0.2, 0.25) is 0 Å². The highest BCUT2D eigenvalue weighted by molar-refractivity contribution is 5.96. The number of aliphatic carboxylic acids is 1. The first-order valence-corrected chi connectivity index (χ1v) is 6.67. The molecule has 0 bridgehead atoms. The summed E-state index contributed by atoms with van der Waals surface area (Å²) < 4.78 is 5.73. The Bertz CT molecular complexity index is 733. The number of carboxylic acid groups (broad SMARTS) is 1. The van der Waals surface area contributed by atoms with Crippen molar-refractivity contribution in [1.29, 1.82) is 0 Å². The molecule has 0 aromatic heterocycles. The number of ether oxygens (including phenoxy) is 1. The first-order chi connectivity index (χ1) is 10.2. The van der Waals surface area contributed by atoms with Crippen LogP contribution in [0.25, 0.3) is 16.8 Å². The largest absolute Gasteiger partial charge is 0.492 e. The van der Waals surface area contributed by atoms with Crippen molar-refractivity contribution in [3.63, 3.8) is 0 Å². The molecule has 2 aromatic carbocycles. The van der Waals surface area contributed by atoms with Crippen molar-refractivity contribution in [1.82, 2.24) is 0 Å². The number of benzene rings is 2. The van der Waals surface area contributed by atoms with Gasteiger partial charge < -0.3 is 9.84 Å². The lowest BCUT2D eigenvalue weighted by atomic mass is 10.0.